The van der Waals surface area contributed by atoms with Crippen LogP contribution in [0.5, 0.6) is 11.5 Å². The molecule has 0 saturated carbocycles. The lowest BCUT2D eigenvalue weighted by Gasteiger charge is -2.38. The van der Waals surface area contributed by atoms with Gasteiger partial charge in [0.15, 0.2) is 16.6 Å². The lowest BCUT2D eigenvalue weighted by atomic mass is 9.91. The number of anilines is 1. The summed E-state index contributed by atoms with van der Waals surface area (Å²) in [4.78, 5) is 2.53. The summed E-state index contributed by atoms with van der Waals surface area (Å²) in [6, 6.07) is 21.2. The van der Waals surface area contributed by atoms with Gasteiger partial charge in [-0.05, 0) is 84.6 Å². The molecule has 4 rings (SSSR count). The molecule has 0 spiro atoms. The second-order valence-corrected chi connectivity index (χ2v) is 9.18. The summed E-state index contributed by atoms with van der Waals surface area (Å²) in [6.45, 7) is 6.78. The highest BCUT2D eigenvalue weighted by molar-refractivity contribution is 7.80. The van der Waals surface area contributed by atoms with Crippen LogP contribution in [0, 0.1) is 13.8 Å². The van der Waals surface area contributed by atoms with Gasteiger partial charge in [0.05, 0.1) is 20.3 Å². The zero-order valence-electron chi connectivity index (χ0n) is 20.4. The van der Waals surface area contributed by atoms with Crippen molar-refractivity contribution in [3.8, 4) is 11.5 Å². The second kappa shape index (κ2) is 10.9. The molecule has 6 heteroatoms. The highest BCUT2D eigenvalue weighted by atomic mass is 32.1. The van der Waals surface area contributed by atoms with Crippen molar-refractivity contribution in [1.29, 1.82) is 0 Å². The van der Waals surface area contributed by atoms with E-state index in [9.17, 15) is 0 Å². The lowest BCUT2D eigenvalue weighted by molar-refractivity contribution is 0.176. The Hall–Kier alpha value is -3.09. The van der Waals surface area contributed by atoms with Gasteiger partial charge in [0.25, 0.3) is 0 Å². The molecule has 3 aromatic carbocycles. The Balaban J connectivity index is 1.58. The zero-order chi connectivity index (χ0) is 24.1. The molecule has 1 aliphatic heterocycles. The number of benzene rings is 3. The average molecular weight is 476 g/mol. The van der Waals surface area contributed by atoms with Crippen molar-refractivity contribution in [2.24, 2.45) is 0 Å². The van der Waals surface area contributed by atoms with E-state index >= 15 is 0 Å². The molecule has 0 bridgehead atoms. The monoisotopic (exact) mass is 475 g/mol. The van der Waals surface area contributed by atoms with Gasteiger partial charge in [0.1, 0.15) is 0 Å². The SMILES string of the molecule is COc1cc2c(cc1OC)[C@H](CNC(=S)Nc1cccc(C)c1)N(Cc1ccccc1C)CC2. The minimum absolute atomic E-state index is 0.139. The van der Waals surface area contributed by atoms with Gasteiger partial charge >= 0.3 is 0 Å². The molecular weight excluding hydrogens is 442 g/mol. The molecule has 0 fully saturated rings. The Morgan fingerprint density at radius 1 is 1.00 bits per heavy atom. The van der Waals surface area contributed by atoms with Crippen LogP contribution in [0.3, 0.4) is 0 Å². The molecule has 5 nitrogen and oxygen atoms in total. The smallest absolute Gasteiger partial charge is 0.170 e. The molecule has 0 radical (unpaired) electrons. The first-order valence-corrected chi connectivity index (χ1v) is 12.0. The Bertz CT molecular complexity index is 1160. The van der Waals surface area contributed by atoms with E-state index in [-0.39, 0.29) is 6.04 Å². The maximum absolute atomic E-state index is 5.64. The molecule has 1 atom stereocenters. The summed E-state index contributed by atoms with van der Waals surface area (Å²) in [5.41, 5.74) is 7.39. The Morgan fingerprint density at radius 2 is 1.76 bits per heavy atom. The highest BCUT2D eigenvalue weighted by Crippen LogP contribution is 2.38. The first-order chi connectivity index (χ1) is 16.5. The van der Waals surface area contributed by atoms with Crippen LogP contribution in [0.25, 0.3) is 0 Å². The van der Waals surface area contributed by atoms with Crippen LogP contribution in [-0.4, -0.2) is 37.3 Å². The standard InChI is InChI=1S/C28H33N3O2S/c1-19-8-7-11-23(14-19)30-28(34)29-17-25-24-16-27(33-4)26(32-3)15-21(24)12-13-31(25)18-22-10-6-5-9-20(22)2/h5-11,14-16,25H,12-13,17-18H2,1-4H3,(H2,29,30,34)/t25-/m0/s1. The van der Waals surface area contributed by atoms with Gasteiger partial charge in [-0.3, -0.25) is 4.90 Å². The zero-order valence-corrected chi connectivity index (χ0v) is 21.2. The number of nitrogens with zero attached hydrogens (tertiary/aromatic N) is 1. The van der Waals surface area contributed by atoms with Crippen LogP contribution in [0.4, 0.5) is 5.69 Å². The van der Waals surface area contributed by atoms with E-state index in [0.717, 1.165) is 36.7 Å². The largest absolute Gasteiger partial charge is 0.493 e. The number of aryl methyl sites for hydroxylation is 2. The summed E-state index contributed by atoms with van der Waals surface area (Å²) >= 11 is 5.64. The minimum atomic E-state index is 0.139. The van der Waals surface area contributed by atoms with Crippen LogP contribution in [0.15, 0.2) is 60.7 Å². The van der Waals surface area contributed by atoms with Gasteiger partial charge in [0.2, 0.25) is 0 Å². The fourth-order valence-corrected chi connectivity index (χ4v) is 4.80. The minimum Gasteiger partial charge on any atom is -0.493 e. The predicted octanol–water partition coefficient (Wildman–Crippen LogP) is 5.41. The van der Waals surface area contributed by atoms with Crippen molar-refractivity contribution in [3.05, 3.63) is 88.5 Å². The molecule has 178 valence electrons. The molecule has 0 aliphatic carbocycles. The normalized spacial score (nSPS) is 15.4. The molecule has 0 aromatic heterocycles. The number of rotatable bonds is 7. The van der Waals surface area contributed by atoms with Gasteiger partial charge in [-0.15, -0.1) is 0 Å². The van der Waals surface area contributed by atoms with Crippen molar-refractivity contribution in [2.75, 3.05) is 32.6 Å². The second-order valence-electron chi connectivity index (χ2n) is 8.77. The third-order valence-electron chi connectivity index (χ3n) is 6.48. The number of nitrogens with one attached hydrogen (secondary N) is 2. The van der Waals surface area contributed by atoms with E-state index in [1.165, 1.54) is 27.8 Å². The third kappa shape index (κ3) is 5.51. The number of hydrogen-bond donors (Lipinski definition) is 2. The van der Waals surface area contributed by atoms with E-state index < -0.39 is 0 Å². The molecule has 3 aromatic rings. The van der Waals surface area contributed by atoms with Gasteiger partial charge in [-0.25, -0.2) is 0 Å². The number of ether oxygens (including phenoxy) is 2. The fraction of sp³-hybridized carbons (Fsp3) is 0.321. The molecule has 1 heterocycles. The van der Waals surface area contributed by atoms with Crippen molar-refractivity contribution < 1.29 is 9.47 Å². The maximum Gasteiger partial charge on any atom is 0.170 e. The Morgan fingerprint density at radius 3 is 2.50 bits per heavy atom. The Labute approximate surface area is 208 Å². The molecule has 0 amide bonds. The number of fused-ring (bicyclic) bond motifs is 1. The van der Waals surface area contributed by atoms with E-state index in [4.69, 9.17) is 21.7 Å². The highest BCUT2D eigenvalue weighted by Gasteiger charge is 2.29. The summed E-state index contributed by atoms with van der Waals surface area (Å²) in [6.07, 6.45) is 0.962. The predicted molar refractivity (Wildman–Crippen MR) is 143 cm³/mol. The molecule has 2 N–H and O–H groups in total. The topological polar surface area (TPSA) is 45.8 Å². The van der Waals surface area contributed by atoms with Crippen molar-refractivity contribution in [1.82, 2.24) is 10.2 Å². The molecule has 1 aliphatic rings. The number of hydrogen-bond acceptors (Lipinski definition) is 4. The van der Waals surface area contributed by atoms with Gasteiger partial charge in [-0.2, -0.15) is 0 Å². The van der Waals surface area contributed by atoms with E-state index in [0.29, 0.717) is 11.7 Å². The first kappa shape index (κ1) is 24.0. The lowest BCUT2D eigenvalue weighted by Crippen LogP contribution is -2.42. The van der Waals surface area contributed by atoms with Crippen molar-refractivity contribution >= 4 is 23.0 Å². The molecule has 0 unspecified atom stereocenters. The average Bonchev–Trinajstić information content (AvgIpc) is 2.83. The summed E-state index contributed by atoms with van der Waals surface area (Å²) < 4.78 is 11.2. The van der Waals surface area contributed by atoms with Crippen LogP contribution in [-0.2, 0) is 13.0 Å². The van der Waals surface area contributed by atoms with E-state index in [1.54, 1.807) is 14.2 Å². The van der Waals surface area contributed by atoms with Gasteiger partial charge in [-0.1, -0.05) is 36.4 Å². The Kier molecular flexibility index (Phi) is 7.70. The molecule has 0 saturated heterocycles. The quantitative estimate of drug-likeness (QED) is 0.446. The van der Waals surface area contributed by atoms with Crippen LogP contribution in [0.1, 0.15) is 33.9 Å². The van der Waals surface area contributed by atoms with E-state index in [2.05, 4.69) is 77.9 Å². The van der Waals surface area contributed by atoms with Crippen LogP contribution >= 0.6 is 12.2 Å². The summed E-state index contributed by atoms with van der Waals surface area (Å²) in [7, 11) is 3.37. The van der Waals surface area contributed by atoms with E-state index in [1.807, 2.05) is 12.1 Å². The summed E-state index contributed by atoms with van der Waals surface area (Å²) in [5.74, 6) is 1.53. The molecule has 34 heavy (non-hydrogen) atoms. The van der Waals surface area contributed by atoms with Crippen LogP contribution in [0.2, 0.25) is 0 Å². The molecular formula is C28H33N3O2S. The van der Waals surface area contributed by atoms with Crippen molar-refractivity contribution in [2.45, 2.75) is 32.9 Å². The first-order valence-electron chi connectivity index (χ1n) is 11.6. The van der Waals surface area contributed by atoms with Gasteiger partial charge < -0.3 is 20.1 Å². The third-order valence-corrected chi connectivity index (χ3v) is 6.73. The van der Waals surface area contributed by atoms with Crippen molar-refractivity contribution in [3.63, 3.8) is 0 Å². The number of thiocarbonyl (C=S) groups is 1. The maximum atomic E-state index is 5.64. The fourth-order valence-electron chi connectivity index (χ4n) is 4.60. The summed E-state index contributed by atoms with van der Waals surface area (Å²) in [5, 5.41) is 7.40. The van der Waals surface area contributed by atoms with Crippen LogP contribution < -0.4 is 20.1 Å². The van der Waals surface area contributed by atoms with Gasteiger partial charge in [0, 0.05) is 25.3 Å². The number of methoxy groups -OCH3 is 2.